The Morgan fingerprint density at radius 2 is 2.06 bits per heavy atom. The van der Waals surface area contributed by atoms with Gasteiger partial charge in [-0.05, 0) is 45.5 Å². The first-order chi connectivity index (χ1) is 8.54. The molecular weight excluding hydrogens is 246 g/mol. The standard InChI is InChI=1S/C14H20ClN3/c1-5-16-10(4)14-17-12-8-11(15)6-7-13(12)18(14)9(2)3/h6-10,16H,5H2,1-4H3. The first-order valence-electron chi connectivity index (χ1n) is 6.45. The third-order valence-corrected chi connectivity index (χ3v) is 3.33. The van der Waals surface area contributed by atoms with E-state index in [0.717, 1.165) is 28.4 Å². The van der Waals surface area contributed by atoms with Gasteiger partial charge in [-0.1, -0.05) is 18.5 Å². The van der Waals surface area contributed by atoms with Gasteiger partial charge in [-0.3, -0.25) is 0 Å². The van der Waals surface area contributed by atoms with Crippen molar-refractivity contribution in [3.63, 3.8) is 0 Å². The van der Waals surface area contributed by atoms with E-state index in [0.29, 0.717) is 6.04 Å². The van der Waals surface area contributed by atoms with Gasteiger partial charge in [0.25, 0.3) is 0 Å². The molecule has 1 unspecified atom stereocenters. The lowest BCUT2D eigenvalue weighted by Gasteiger charge is -2.18. The summed E-state index contributed by atoms with van der Waals surface area (Å²) >= 11 is 6.04. The molecule has 0 radical (unpaired) electrons. The third kappa shape index (κ3) is 2.38. The zero-order valence-electron chi connectivity index (χ0n) is 11.4. The van der Waals surface area contributed by atoms with Crippen LogP contribution in [0.3, 0.4) is 0 Å². The van der Waals surface area contributed by atoms with Crippen molar-refractivity contribution in [2.24, 2.45) is 0 Å². The predicted molar refractivity (Wildman–Crippen MR) is 77.2 cm³/mol. The van der Waals surface area contributed by atoms with Crippen LogP contribution in [0.1, 0.15) is 45.6 Å². The van der Waals surface area contributed by atoms with E-state index < -0.39 is 0 Å². The summed E-state index contributed by atoms with van der Waals surface area (Å²) in [7, 11) is 0. The summed E-state index contributed by atoms with van der Waals surface area (Å²) < 4.78 is 2.28. The van der Waals surface area contributed by atoms with Gasteiger partial charge in [0.2, 0.25) is 0 Å². The van der Waals surface area contributed by atoms with E-state index in [-0.39, 0.29) is 6.04 Å². The Bertz CT molecular complexity index is 545. The average molecular weight is 266 g/mol. The van der Waals surface area contributed by atoms with Gasteiger partial charge in [0.05, 0.1) is 17.1 Å². The van der Waals surface area contributed by atoms with Crippen LogP contribution < -0.4 is 5.32 Å². The first kappa shape index (κ1) is 13.4. The van der Waals surface area contributed by atoms with Crippen molar-refractivity contribution in [2.45, 2.75) is 39.8 Å². The Morgan fingerprint density at radius 1 is 1.33 bits per heavy atom. The van der Waals surface area contributed by atoms with Crippen molar-refractivity contribution in [1.29, 1.82) is 0 Å². The van der Waals surface area contributed by atoms with Crippen molar-refractivity contribution in [3.05, 3.63) is 29.0 Å². The second-order valence-electron chi connectivity index (χ2n) is 4.85. The van der Waals surface area contributed by atoms with Crippen LogP contribution in [-0.4, -0.2) is 16.1 Å². The molecule has 1 atom stereocenters. The lowest BCUT2D eigenvalue weighted by Crippen LogP contribution is -2.22. The molecule has 1 aromatic carbocycles. The largest absolute Gasteiger partial charge is 0.324 e. The number of imidazole rings is 1. The molecule has 3 nitrogen and oxygen atoms in total. The summed E-state index contributed by atoms with van der Waals surface area (Å²) in [5, 5.41) is 4.15. The maximum atomic E-state index is 6.04. The topological polar surface area (TPSA) is 29.9 Å². The molecule has 0 amide bonds. The number of nitrogens with zero attached hydrogens (tertiary/aromatic N) is 2. The molecule has 0 saturated heterocycles. The Kier molecular flexibility index (Phi) is 3.93. The second-order valence-corrected chi connectivity index (χ2v) is 5.28. The molecule has 1 aromatic heterocycles. The Morgan fingerprint density at radius 3 is 2.67 bits per heavy atom. The van der Waals surface area contributed by atoms with Crippen molar-refractivity contribution in [2.75, 3.05) is 6.54 Å². The smallest absolute Gasteiger partial charge is 0.127 e. The molecule has 2 rings (SSSR count). The molecular formula is C14H20ClN3. The van der Waals surface area contributed by atoms with Crippen LogP contribution in [0.4, 0.5) is 0 Å². The van der Waals surface area contributed by atoms with Gasteiger partial charge in [-0.2, -0.15) is 0 Å². The maximum absolute atomic E-state index is 6.04. The fourth-order valence-corrected chi connectivity index (χ4v) is 2.50. The van der Waals surface area contributed by atoms with Crippen molar-refractivity contribution in [1.82, 2.24) is 14.9 Å². The van der Waals surface area contributed by atoms with Crippen molar-refractivity contribution >= 4 is 22.6 Å². The molecule has 0 spiro atoms. The van der Waals surface area contributed by atoms with E-state index in [4.69, 9.17) is 16.6 Å². The monoisotopic (exact) mass is 265 g/mol. The summed E-state index contributed by atoms with van der Waals surface area (Å²) in [5.41, 5.74) is 2.12. The maximum Gasteiger partial charge on any atom is 0.127 e. The average Bonchev–Trinajstić information content (AvgIpc) is 2.67. The third-order valence-electron chi connectivity index (χ3n) is 3.09. The normalized spacial score (nSPS) is 13.4. The number of hydrogen-bond donors (Lipinski definition) is 1. The number of benzene rings is 1. The van der Waals surface area contributed by atoms with Gasteiger partial charge in [0.1, 0.15) is 5.82 Å². The van der Waals surface area contributed by atoms with Gasteiger partial charge in [0.15, 0.2) is 0 Å². The molecule has 0 bridgehead atoms. The number of fused-ring (bicyclic) bond motifs is 1. The van der Waals surface area contributed by atoms with E-state index in [1.165, 1.54) is 0 Å². The summed E-state index contributed by atoms with van der Waals surface area (Å²) in [4.78, 5) is 4.73. The lowest BCUT2D eigenvalue weighted by atomic mass is 10.2. The Balaban J connectivity index is 2.60. The van der Waals surface area contributed by atoms with Gasteiger partial charge in [-0.15, -0.1) is 0 Å². The summed E-state index contributed by atoms with van der Waals surface area (Å²) in [6.07, 6.45) is 0. The number of nitrogens with one attached hydrogen (secondary N) is 1. The molecule has 0 saturated carbocycles. The molecule has 0 aliphatic heterocycles. The van der Waals surface area contributed by atoms with Gasteiger partial charge >= 0.3 is 0 Å². The highest BCUT2D eigenvalue weighted by atomic mass is 35.5. The highest BCUT2D eigenvalue weighted by Gasteiger charge is 2.17. The highest BCUT2D eigenvalue weighted by molar-refractivity contribution is 6.31. The van der Waals surface area contributed by atoms with Crippen LogP contribution in [0.5, 0.6) is 0 Å². The highest BCUT2D eigenvalue weighted by Crippen LogP contribution is 2.26. The van der Waals surface area contributed by atoms with Crippen LogP contribution >= 0.6 is 11.6 Å². The predicted octanol–water partition coefficient (Wildman–Crippen LogP) is 3.94. The van der Waals surface area contributed by atoms with Gasteiger partial charge in [0, 0.05) is 11.1 Å². The minimum Gasteiger partial charge on any atom is -0.324 e. The van der Waals surface area contributed by atoms with Crippen LogP contribution in [0.25, 0.3) is 11.0 Å². The molecule has 4 heteroatoms. The van der Waals surface area contributed by atoms with E-state index in [1.807, 2.05) is 18.2 Å². The molecule has 0 aliphatic carbocycles. The number of halogens is 1. The zero-order valence-corrected chi connectivity index (χ0v) is 12.1. The van der Waals surface area contributed by atoms with E-state index in [2.05, 4.69) is 37.6 Å². The second kappa shape index (κ2) is 5.29. The van der Waals surface area contributed by atoms with Crippen molar-refractivity contribution < 1.29 is 0 Å². The SMILES string of the molecule is CCNC(C)c1nc2cc(Cl)ccc2n1C(C)C. The molecule has 18 heavy (non-hydrogen) atoms. The van der Waals surface area contributed by atoms with Gasteiger partial charge in [-0.25, -0.2) is 4.98 Å². The molecule has 1 N–H and O–H groups in total. The van der Waals surface area contributed by atoms with Crippen LogP contribution in [0.15, 0.2) is 18.2 Å². The van der Waals surface area contributed by atoms with Crippen molar-refractivity contribution in [3.8, 4) is 0 Å². The fourth-order valence-electron chi connectivity index (χ4n) is 2.34. The van der Waals surface area contributed by atoms with Gasteiger partial charge < -0.3 is 9.88 Å². The van der Waals surface area contributed by atoms with Crippen LogP contribution in [-0.2, 0) is 0 Å². The first-order valence-corrected chi connectivity index (χ1v) is 6.83. The zero-order chi connectivity index (χ0) is 13.3. The molecule has 0 aliphatic rings. The number of rotatable bonds is 4. The van der Waals surface area contributed by atoms with E-state index >= 15 is 0 Å². The van der Waals surface area contributed by atoms with E-state index in [9.17, 15) is 0 Å². The van der Waals surface area contributed by atoms with E-state index in [1.54, 1.807) is 0 Å². The quantitative estimate of drug-likeness (QED) is 0.907. The molecule has 98 valence electrons. The molecule has 0 fully saturated rings. The lowest BCUT2D eigenvalue weighted by molar-refractivity contribution is 0.502. The minimum atomic E-state index is 0.239. The number of hydrogen-bond acceptors (Lipinski definition) is 2. The Hall–Kier alpha value is -1.06. The summed E-state index contributed by atoms with van der Waals surface area (Å²) in [6, 6.07) is 6.52. The summed E-state index contributed by atoms with van der Waals surface area (Å²) in [5.74, 6) is 1.07. The fraction of sp³-hybridized carbons (Fsp3) is 0.500. The Labute approximate surface area is 113 Å². The number of aromatic nitrogens is 2. The molecule has 1 heterocycles. The van der Waals surface area contributed by atoms with Crippen LogP contribution in [0, 0.1) is 0 Å². The van der Waals surface area contributed by atoms with Crippen LogP contribution in [0.2, 0.25) is 5.02 Å². The molecule has 2 aromatic rings. The minimum absolute atomic E-state index is 0.239. The summed E-state index contributed by atoms with van der Waals surface area (Å²) in [6.45, 7) is 9.54.